The number of carbonyl (C=O) groups is 1. The number of allylic oxidation sites excluding steroid dienone is 5. The maximum absolute atomic E-state index is 11.5. The van der Waals surface area contributed by atoms with Crippen LogP contribution >= 0.6 is 0 Å². The number of unbranched alkanes of at least 4 members (excludes halogenated alkanes) is 4. The lowest BCUT2D eigenvalue weighted by Gasteiger charge is -2.40. The summed E-state index contributed by atoms with van der Waals surface area (Å²) in [5.74, 6) is -0.374. The second-order valence-corrected chi connectivity index (χ2v) is 8.50. The molecule has 9 nitrogen and oxygen atoms in total. The van der Waals surface area contributed by atoms with Crippen LogP contribution in [0.1, 0.15) is 58.8 Å². The van der Waals surface area contributed by atoms with Gasteiger partial charge in [-0.05, 0) is 32.1 Å². The summed E-state index contributed by atoms with van der Waals surface area (Å²) in [4.78, 5) is 11.5. The molecule has 0 aliphatic carbocycles. The van der Waals surface area contributed by atoms with Crippen molar-refractivity contribution in [3.05, 3.63) is 36.5 Å². The summed E-state index contributed by atoms with van der Waals surface area (Å²) in [7, 11) is 0. The van der Waals surface area contributed by atoms with Gasteiger partial charge >= 0.3 is 0 Å². The maximum Gasteiger partial charge on any atom is 0.217 e. The van der Waals surface area contributed by atoms with Crippen LogP contribution in [-0.2, 0) is 14.3 Å². The summed E-state index contributed by atoms with van der Waals surface area (Å²) in [5.41, 5.74) is 0. The molecule has 1 aliphatic heterocycles. The van der Waals surface area contributed by atoms with Crippen LogP contribution in [0, 0.1) is 0 Å². The van der Waals surface area contributed by atoms with E-state index in [1.54, 1.807) is 6.08 Å². The molecule has 7 unspecified atom stereocenters. The lowest BCUT2D eigenvalue weighted by Crippen LogP contribution is -2.60. The highest BCUT2D eigenvalue weighted by Crippen LogP contribution is 2.22. The molecule has 34 heavy (non-hydrogen) atoms. The lowest BCUT2D eigenvalue weighted by molar-refractivity contribution is -0.302. The van der Waals surface area contributed by atoms with E-state index in [-0.39, 0.29) is 12.5 Å². The van der Waals surface area contributed by atoms with E-state index in [1.807, 2.05) is 6.08 Å². The maximum atomic E-state index is 11.5. The van der Waals surface area contributed by atoms with Crippen LogP contribution in [0.2, 0.25) is 0 Å². The number of carbonyl (C=O) groups excluding carboxylic acids is 1. The SMILES string of the molecule is CCCC/C=C/CC/C=C/CC/C=C/C(O)C(COC1OC(CO)C(O)C(O)C1O)NC(C)=O. The van der Waals surface area contributed by atoms with E-state index < -0.39 is 49.5 Å². The van der Waals surface area contributed by atoms with Crippen molar-refractivity contribution in [3.8, 4) is 0 Å². The zero-order valence-electron chi connectivity index (χ0n) is 20.3. The van der Waals surface area contributed by atoms with E-state index >= 15 is 0 Å². The predicted octanol–water partition coefficient (Wildman–Crippen LogP) is 1.09. The van der Waals surface area contributed by atoms with E-state index in [1.165, 1.54) is 19.8 Å². The van der Waals surface area contributed by atoms with Crippen molar-refractivity contribution in [1.29, 1.82) is 0 Å². The molecule has 1 saturated heterocycles. The second-order valence-electron chi connectivity index (χ2n) is 8.50. The molecular weight excluding hydrogens is 442 g/mol. The first-order valence-corrected chi connectivity index (χ1v) is 12.2. The molecule has 0 bridgehead atoms. The van der Waals surface area contributed by atoms with Gasteiger partial charge in [0.1, 0.15) is 24.4 Å². The number of hydrogen-bond donors (Lipinski definition) is 6. The average Bonchev–Trinajstić information content (AvgIpc) is 2.81. The highest BCUT2D eigenvalue weighted by atomic mass is 16.7. The van der Waals surface area contributed by atoms with Gasteiger partial charge in [-0.2, -0.15) is 0 Å². The molecule has 0 aromatic heterocycles. The van der Waals surface area contributed by atoms with Crippen molar-refractivity contribution >= 4 is 5.91 Å². The number of nitrogens with one attached hydrogen (secondary N) is 1. The van der Waals surface area contributed by atoms with Crippen molar-refractivity contribution in [3.63, 3.8) is 0 Å². The van der Waals surface area contributed by atoms with Crippen LogP contribution in [0.25, 0.3) is 0 Å². The Morgan fingerprint density at radius 1 is 0.971 bits per heavy atom. The average molecular weight is 486 g/mol. The first-order valence-electron chi connectivity index (χ1n) is 12.2. The molecule has 0 aromatic carbocycles. The number of rotatable bonds is 16. The Hall–Kier alpha value is -1.59. The summed E-state index contributed by atoms with van der Waals surface area (Å²) < 4.78 is 10.8. The summed E-state index contributed by atoms with van der Waals surface area (Å²) >= 11 is 0. The molecule has 1 aliphatic rings. The fourth-order valence-electron chi connectivity index (χ4n) is 3.44. The number of ether oxygens (including phenoxy) is 2. The van der Waals surface area contributed by atoms with Crippen molar-refractivity contribution in [2.75, 3.05) is 13.2 Å². The quantitative estimate of drug-likeness (QED) is 0.141. The van der Waals surface area contributed by atoms with E-state index in [9.17, 15) is 30.3 Å². The monoisotopic (exact) mass is 485 g/mol. The van der Waals surface area contributed by atoms with E-state index in [2.05, 4.69) is 36.5 Å². The molecule has 7 atom stereocenters. The summed E-state index contributed by atoms with van der Waals surface area (Å²) in [6, 6.07) is -0.823. The van der Waals surface area contributed by atoms with E-state index in [0.29, 0.717) is 0 Å². The molecule has 0 spiro atoms. The molecule has 1 fully saturated rings. The van der Waals surface area contributed by atoms with Gasteiger partial charge in [0.15, 0.2) is 6.29 Å². The topological polar surface area (TPSA) is 149 Å². The van der Waals surface area contributed by atoms with Crippen molar-refractivity contribution in [1.82, 2.24) is 5.32 Å². The van der Waals surface area contributed by atoms with Crippen LogP contribution in [0.3, 0.4) is 0 Å². The Morgan fingerprint density at radius 2 is 1.56 bits per heavy atom. The minimum Gasteiger partial charge on any atom is -0.394 e. The summed E-state index contributed by atoms with van der Waals surface area (Å²) in [5, 5.41) is 52.1. The number of amides is 1. The number of hydrogen-bond acceptors (Lipinski definition) is 8. The molecule has 9 heteroatoms. The standard InChI is InChI=1S/C25H43NO8/c1-3-4-5-6-7-8-9-10-11-12-13-14-15-20(29)19(26-18(2)28)17-33-25-24(32)23(31)22(30)21(16-27)34-25/h6-7,10-11,14-15,19-25,27,29-32H,3-5,8-9,12-13,16-17H2,1-2H3,(H,26,28)/b7-6+,11-10+,15-14+. The molecule has 1 amide bonds. The molecule has 196 valence electrons. The van der Waals surface area contributed by atoms with Crippen LogP contribution in [0.4, 0.5) is 0 Å². The third kappa shape index (κ3) is 11.7. The highest BCUT2D eigenvalue weighted by molar-refractivity contribution is 5.73. The summed E-state index contributed by atoms with van der Waals surface area (Å²) in [6.45, 7) is 2.69. The highest BCUT2D eigenvalue weighted by Gasteiger charge is 2.44. The fraction of sp³-hybridized carbons (Fsp3) is 0.720. The third-order valence-corrected chi connectivity index (χ3v) is 5.48. The van der Waals surface area contributed by atoms with Gasteiger partial charge in [0.05, 0.1) is 25.4 Å². The second kappa shape index (κ2) is 17.8. The van der Waals surface area contributed by atoms with Gasteiger partial charge in [-0.15, -0.1) is 0 Å². The normalized spacial score (nSPS) is 27.6. The lowest BCUT2D eigenvalue weighted by atomic mass is 9.99. The summed E-state index contributed by atoms with van der Waals surface area (Å²) in [6.07, 6.45) is 11.1. The zero-order valence-corrected chi connectivity index (χ0v) is 20.3. The molecule has 1 heterocycles. The van der Waals surface area contributed by atoms with E-state index in [4.69, 9.17) is 9.47 Å². The molecule has 1 rings (SSSR count). The van der Waals surface area contributed by atoms with Gasteiger partial charge in [-0.25, -0.2) is 0 Å². The molecular formula is C25H43NO8. The van der Waals surface area contributed by atoms with Gasteiger partial charge in [0, 0.05) is 6.92 Å². The van der Waals surface area contributed by atoms with Crippen LogP contribution in [0.5, 0.6) is 0 Å². The predicted molar refractivity (Wildman–Crippen MR) is 129 cm³/mol. The molecule has 6 N–H and O–H groups in total. The minimum atomic E-state index is -1.56. The van der Waals surface area contributed by atoms with Crippen LogP contribution in [-0.4, -0.2) is 87.5 Å². The van der Waals surface area contributed by atoms with Gasteiger partial charge in [-0.3, -0.25) is 4.79 Å². The van der Waals surface area contributed by atoms with Gasteiger partial charge in [-0.1, -0.05) is 56.2 Å². The molecule has 0 radical (unpaired) electrons. The Bertz CT molecular complexity index is 636. The smallest absolute Gasteiger partial charge is 0.217 e. The van der Waals surface area contributed by atoms with Crippen molar-refractivity contribution < 1.29 is 39.8 Å². The first-order chi connectivity index (χ1) is 16.3. The number of aliphatic hydroxyl groups excluding tert-OH is 5. The molecule has 0 saturated carbocycles. The molecule has 0 aromatic rings. The number of aliphatic hydroxyl groups is 5. The van der Waals surface area contributed by atoms with Gasteiger partial charge in [0.2, 0.25) is 5.91 Å². The van der Waals surface area contributed by atoms with Gasteiger partial charge < -0.3 is 40.3 Å². The third-order valence-electron chi connectivity index (χ3n) is 5.48. The Labute approximate surface area is 202 Å². The Morgan fingerprint density at radius 3 is 2.12 bits per heavy atom. The van der Waals surface area contributed by atoms with Gasteiger partial charge in [0.25, 0.3) is 0 Å². The minimum absolute atomic E-state index is 0.223. The van der Waals surface area contributed by atoms with E-state index in [0.717, 1.165) is 32.1 Å². The van der Waals surface area contributed by atoms with Crippen LogP contribution in [0.15, 0.2) is 36.5 Å². The first kappa shape index (κ1) is 30.4. The van der Waals surface area contributed by atoms with Crippen LogP contribution < -0.4 is 5.32 Å². The van der Waals surface area contributed by atoms with Crippen molar-refractivity contribution in [2.24, 2.45) is 0 Å². The largest absolute Gasteiger partial charge is 0.394 e. The zero-order chi connectivity index (χ0) is 25.3. The Balaban J connectivity index is 2.44. The Kier molecular flexibility index (Phi) is 15.9. The fourth-order valence-corrected chi connectivity index (χ4v) is 3.44. The van der Waals surface area contributed by atoms with Crippen molar-refractivity contribution in [2.45, 2.75) is 102 Å².